The van der Waals surface area contributed by atoms with E-state index in [9.17, 15) is 24.3 Å². The number of hydrogen-bond donors (Lipinski definition) is 1. The van der Waals surface area contributed by atoms with E-state index in [0.717, 1.165) is 0 Å². The molecular formula is C23H24O8. The molecule has 8 heteroatoms. The van der Waals surface area contributed by atoms with Crippen LogP contribution in [0.3, 0.4) is 0 Å². The number of phenols is 1. The summed E-state index contributed by atoms with van der Waals surface area (Å²) in [7, 11) is 0. The molecule has 164 valence electrons. The fraction of sp³-hybridized carbons (Fsp3) is 0.391. The van der Waals surface area contributed by atoms with Crippen LogP contribution >= 0.6 is 0 Å². The van der Waals surface area contributed by atoms with Crippen molar-refractivity contribution in [1.82, 2.24) is 0 Å². The zero-order chi connectivity index (χ0) is 22.5. The number of carbonyl (C=O) groups excluding carboxylic acids is 4. The topological polar surface area (TPSA) is 116 Å². The number of rotatable bonds is 8. The van der Waals surface area contributed by atoms with E-state index in [1.807, 2.05) is 0 Å². The molecule has 1 aromatic carbocycles. The first-order chi connectivity index (χ1) is 14.7. The monoisotopic (exact) mass is 428 g/mol. The molecule has 0 aromatic heterocycles. The van der Waals surface area contributed by atoms with Gasteiger partial charge in [-0.15, -0.1) is 0 Å². The van der Waals surface area contributed by atoms with Gasteiger partial charge in [-0.2, -0.15) is 0 Å². The normalized spacial score (nSPS) is 24.2. The Hall–Kier alpha value is -3.42. The van der Waals surface area contributed by atoms with Crippen LogP contribution in [0.4, 0.5) is 0 Å². The van der Waals surface area contributed by atoms with Gasteiger partial charge in [-0.3, -0.25) is 9.59 Å². The average molecular weight is 428 g/mol. The lowest BCUT2D eigenvalue weighted by Gasteiger charge is -2.27. The first-order valence-corrected chi connectivity index (χ1v) is 10.0. The van der Waals surface area contributed by atoms with Crippen molar-refractivity contribution in [2.24, 2.45) is 11.8 Å². The molecule has 1 heterocycles. The van der Waals surface area contributed by atoms with Crippen LogP contribution in [0.1, 0.15) is 32.3 Å². The predicted octanol–water partition coefficient (Wildman–Crippen LogP) is 2.35. The van der Waals surface area contributed by atoms with Gasteiger partial charge in [-0.1, -0.05) is 18.2 Å². The standard InChI is InChI=1S/C23H24O8/c1-13(29-21(27)11-8-15-6-9-16(25)10-7-15)22(28)17-12-18(17)23(30-14(2)24)19-4-3-5-20(26)31-19/h3,5-11,13,17-19,23,25H,4,12H2,1-2H3/b11-8-/t13?,17-,18-,19+,23-/m0/s1. The molecule has 5 atom stereocenters. The molecule has 0 amide bonds. The average Bonchev–Trinajstić information content (AvgIpc) is 3.51. The van der Waals surface area contributed by atoms with Crippen molar-refractivity contribution >= 4 is 29.8 Å². The first-order valence-electron chi connectivity index (χ1n) is 10.0. The molecule has 8 nitrogen and oxygen atoms in total. The zero-order valence-corrected chi connectivity index (χ0v) is 17.2. The number of cyclic esters (lactones) is 1. The second-order valence-electron chi connectivity index (χ2n) is 7.60. The minimum absolute atomic E-state index is 0.115. The van der Waals surface area contributed by atoms with Gasteiger partial charge in [0.05, 0.1) is 0 Å². The molecule has 2 aliphatic rings. The third-order valence-electron chi connectivity index (χ3n) is 5.18. The lowest BCUT2D eigenvalue weighted by molar-refractivity contribution is -0.167. The number of Topliss-reactive ketones (excluding diaryl/α,β-unsaturated/α-hetero) is 1. The number of aromatic hydroxyl groups is 1. The molecule has 1 N–H and O–H groups in total. The molecule has 0 bridgehead atoms. The highest BCUT2D eigenvalue weighted by atomic mass is 16.6. The molecular weight excluding hydrogens is 404 g/mol. The van der Waals surface area contributed by atoms with E-state index < -0.39 is 42.1 Å². The van der Waals surface area contributed by atoms with E-state index in [2.05, 4.69) is 0 Å². The van der Waals surface area contributed by atoms with Gasteiger partial charge in [-0.05, 0) is 37.1 Å². The Morgan fingerprint density at radius 2 is 1.90 bits per heavy atom. The molecule has 1 fully saturated rings. The van der Waals surface area contributed by atoms with Gasteiger partial charge < -0.3 is 19.3 Å². The van der Waals surface area contributed by atoms with Gasteiger partial charge in [0.1, 0.15) is 18.0 Å². The van der Waals surface area contributed by atoms with Crippen molar-refractivity contribution in [3.63, 3.8) is 0 Å². The van der Waals surface area contributed by atoms with Crippen molar-refractivity contribution in [1.29, 1.82) is 0 Å². The number of esters is 3. The Balaban J connectivity index is 1.56. The lowest BCUT2D eigenvalue weighted by Crippen LogP contribution is -2.38. The third-order valence-corrected chi connectivity index (χ3v) is 5.18. The first kappa shape index (κ1) is 22.3. The Morgan fingerprint density at radius 1 is 1.19 bits per heavy atom. The highest BCUT2D eigenvalue weighted by Crippen LogP contribution is 2.46. The number of phenolic OH excluding ortho intramolecular Hbond substituents is 1. The van der Waals surface area contributed by atoms with Crippen LogP contribution in [0.15, 0.2) is 42.5 Å². The highest BCUT2D eigenvalue weighted by Gasteiger charge is 2.53. The molecule has 1 aromatic rings. The smallest absolute Gasteiger partial charge is 0.331 e. The van der Waals surface area contributed by atoms with E-state index in [1.165, 1.54) is 44.2 Å². The van der Waals surface area contributed by atoms with E-state index in [-0.39, 0.29) is 17.5 Å². The molecule has 0 spiro atoms. The summed E-state index contributed by atoms with van der Waals surface area (Å²) in [6.45, 7) is 2.76. The summed E-state index contributed by atoms with van der Waals surface area (Å²) in [6.07, 6.45) is 4.19. The quantitative estimate of drug-likeness (QED) is 0.381. The van der Waals surface area contributed by atoms with Gasteiger partial charge >= 0.3 is 17.9 Å². The van der Waals surface area contributed by atoms with Crippen molar-refractivity contribution in [2.75, 3.05) is 0 Å². The zero-order valence-electron chi connectivity index (χ0n) is 17.2. The van der Waals surface area contributed by atoms with Crippen LogP contribution in [0.5, 0.6) is 5.75 Å². The molecule has 0 radical (unpaired) electrons. The summed E-state index contributed by atoms with van der Waals surface area (Å²) < 4.78 is 15.8. The number of benzene rings is 1. The molecule has 0 saturated heterocycles. The van der Waals surface area contributed by atoms with Crippen LogP contribution in [-0.4, -0.2) is 47.1 Å². The largest absolute Gasteiger partial charge is 0.508 e. The highest BCUT2D eigenvalue weighted by molar-refractivity contribution is 5.93. The number of ketones is 1. The number of hydrogen-bond acceptors (Lipinski definition) is 8. The van der Waals surface area contributed by atoms with Gasteiger partial charge in [0, 0.05) is 37.3 Å². The summed E-state index contributed by atoms with van der Waals surface area (Å²) in [5.74, 6) is -2.61. The van der Waals surface area contributed by atoms with Crippen molar-refractivity contribution in [3.05, 3.63) is 48.1 Å². The Labute approximate surface area is 179 Å². The SMILES string of the molecule is CC(=O)O[C@@H]([C@H]1C[C@@H]1C(=O)C(C)OC(=O)/C=C\c1ccc(O)cc1)[C@H]1CC=CC(=O)O1. The third kappa shape index (κ3) is 6.04. The van der Waals surface area contributed by atoms with Crippen LogP contribution in [0.2, 0.25) is 0 Å². The number of carbonyl (C=O) groups is 4. The van der Waals surface area contributed by atoms with Crippen LogP contribution < -0.4 is 0 Å². The maximum Gasteiger partial charge on any atom is 0.331 e. The Kier molecular flexibility index (Phi) is 6.89. The van der Waals surface area contributed by atoms with Crippen molar-refractivity contribution < 1.29 is 38.5 Å². The van der Waals surface area contributed by atoms with Crippen molar-refractivity contribution in [3.8, 4) is 5.75 Å². The molecule has 1 saturated carbocycles. The summed E-state index contributed by atoms with van der Waals surface area (Å²) >= 11 is 0. The van der Waals surface area contributed by atoms with Crippen molar-refractivity contribution in [2.45, 2.75) is 45.0 Å². The Morgan fingerprint density at radius 3 is 2.55 bits per heavy atom. The summed E-state index contributed by atoms with van der Waals surface area (Å²) in [5, 5.41) is 9.27. The van der Waals surface area contributed by atoms with Gasteiger partial charge in [0.2, 0.25) is 0 Å². The van der Waals surface area contributed by atoms with Gasteiger partial charge in [0.25, 0.3) is 0 Å². The Bertz CT molecular complexity index is 914. The maximum atomic E-state index is 12.7. The second kappa shape index (κ2) is 9.59. The fourth-order valence-electron chi connectivity index (χ4n) is 3.59. The fourth-order valence-corrected chi connectivity index (χ4v) is 3.59. The lowest BCUT2D eigenvalue weighted by atomic mass is 10.0. The summed E-state index contributed by atoms with van der Waals surface area (Å²) in [5.41, 5.74) is 0.691. The molecule has 31 heavy (non-hydrogen) atoms. The summed E-state index contributed by atoms with van der Waals surface area (Å²) in [6, 6.07) is 6.24. The molecule has 1 aliphatic carbocycles. The maximum absolute atomic E-state index is 12.7. The minimum atomic E-state index is -0.973. The summed E-state index contributed by atoms with van der Waals surface area (Å²) in [4.78, 5) is 47.8. The van der Waals surface area contributed by atoms with Crippen LogP contribution in [0.25, 0.3) is 6.08 Å². The molecule has 3 rings (SSSR count). The van der Waals surface area contributed by atoms with E-state index >= 15 is 0 Å². The van der Waals surface area contributed by atoms with Gasteiger partial charge in [-0.25, -0.2) is 9.59 Å². The molecule has 1 unspecified atom stereocenters. The predicted molar refractivity (Wildman–Crippen MR) is 108 cm³/mol. The van der Waals surface area contributed by atoms with E-state index in [0.29, 0.717) is 18.4 Å². The molecule has 1 aliphatic heterocycles. The van der Waals surface area contributed by atoms with E-state index in [4.69, 9.17) is 14.2 Å². The minimum Gasteiger partial charge on any atom is -0.508 e. The van der Waals surface area contributed by atoms with E-state index in [1.54, 1.807) is 18.2 Å². The van der Waals surface area contributed by atoms with Crippen LogP contribution in [-0.2, 0) is 33.4 Å². The van der Waals surface area contributed by atoms with Crippen LogP contribution in [0, 0.1) is 11.8 Å². The second-order valence-corrected chi connectivity index (χ2v) is 7.60. The van der Waals surface area contributed by atoms with Gasteiger partial charge in [0.15, 0.2) is 11.9 Å². The number of ether oxygens (including phenoxy) is 3.